The number of hydrogen-bond donors (Lipinski definition) is 3. The van der Waals surface area contributed by atoms with Crippen LogP contribution in [0, 0.1) is 23.7 Å². The number of carbonyl (C=O) groups excluding carboxylic acids is 5. The van der Waals surface area contributed by atoms with Crippen LogP contribution in [0.3, 0.4) is 0 Å². The van der Waals surface area contributed by atoms with Gasteiger partial charge in [-0.25, -0.2) is 0 Å². The SMILES string of the molecule is CCc1cc(-c2ccc(N(C)C)cc2)c2c(c1O)C(=O)C1C(=O)[C@]3(O)C(=O)C(C(N)=O)C(=O)C[C@@H]3C[C@@H]1C2. The normalized spacial score (nSPS) is 28.4. The number of phenolic OH excluding ortho intramolecular Hbond substituents is 1. The molecule has 2 saturated carbocycles. The van der Waals surface area contributed by atoms with Crippen molar-refractivity contribution in [2.24, 2.45) is 29.4 Å². The van der Waals surface area contributed by atoms with Gasteiger partial charge in [0.2, 0.25) is 5.91 Å². The van der Waals surface area contributed by atoms with Gasteiger partial charge in [0.1, 0.15) is 5.75 Å². The monoisotopic (exact) mass is 518 g/mol. The number of Topliss-reactive ketones (excluding diaryl/α,β-unsaturated/α-hetero) is 4. The number of fused-ring (bicyclic) bond motifs is 3. The number of hydrogen-bond acceptors (Lipinski definition) is 8. The minimum Gasteiger partial charge on any atom is -0.507 e. The zero-order valence-corrected chi connectivity index (χ0v) is 21.5. The second kappa shape index (κ2) is 8.87. The van der Waals surface area contributed by atoms with Crippen molar-refractivity contribution in [1.82, 2.24) is 0 Å². The molecular formula is C29H30N2O7. The third-order valence-corrected chi connectivity index (χ3v) is 8.56. The molecule has 5 rings (SSSR count). The highest BCUT2D eigenvalue weighted by Crippen LogP contribution is 2.51. The molecule has 2 aromatic rings. The molecule has 38 heavy (non-hydrogen) atoms. The van der Waals surface area contributed by atoms with E-state index in [1.54, 1.807) is 0 Å². The summed E-state index contributed by atoms with van der Waals surface area (Å²) in [5.41, 5.74) is 6.36. The Balaban J connectivity index is 1.64. The third kappa shape index (κ3) is 3.52. The van der Waals surface area contributed by atoms with Crippen molar-refractivity contribution >= 4 is 34.7 Å². The van der Waals surface area contributed by atoms with Crippen LogP contribution in [0.4, 0.5) is 5.69 Å². The van der Waals surface area contributed by atoms with Gasteiger partial charge in [-0.3, -0.25) is 24.0 Å². The first-order chi connectivity index (χ1) is 17.9. The van der Waals surface area contributed by atoms with Gasteiger partial charge in [-0.15, -0.1) is 0 Å². The first-order valence-corrected chi connectivity index (χ1v) is 12.7. The zero-order valence-electron chi connectivity index (χ0n) is 21.5. The lowest BCUT2D eigenvalue weighted by Crippen LogP contribution is -2.68. The Morgan fingerprint density at radius 3 is 2.32 bits per heavy atom. The lowest BCUT2D eigenvalue weighted by molar-refractivity contribution is -0.175. The molecule has 3 aliphatic carbocycles. The number of primary amides is 1. The van der Waals surface area contributed by atoms with Crippen LogP contribution in [-0.4, -0.2) is 58.9 Å². The number of anilines is 1. The summed E-state index contributed by atoms with van der Waals surface area (Å²) in [4.78, 5) is 67.0. The van der Waals surface area contributed by atoms with Gasteiger partial charge in [0.05, 0.1) is 11.5 Å². The molecule has 198 valence electrons. The third-order valence-electron chi connectivity index (χ3n) is 8.56. The molecule has 4 N–H and O–H groups in total. The summed E-state index contributed by atoms with van der Waals surface area (Å²) < 4.78 is 0. The number of aromatic hydroxyl groups is 1. The first-order valence-electron chi connectivity index (χ1n) is 12.7. The van der Waals surface area contributed by atoms with Crippen molar-refractivity contribution in [3.63, 3.8) is 0 Å². The molecule has 9 heteroatoms. The van der Waals surface area contributed by atoms with Crippen LogP contribution >= 0.6 is 0 Å². The fraction of sp³-hybridized carbons (Fsp3) is 0.414. The minimum atomic E-state index is -2.65. The van der Waals surface area contributed by atoms with Gasteiger partial charge in [-0.2, -0.15) is 0 Å². The van der Waals surface area contributed by atoms with E-state index < -0.39 is 58.3 Å². The highest BCUT2D eigenvalue weighted by atomic mass is 16.3. The average molecular weight is 519 g/mol. The van der Waals surface area contributed by atoms with E-state index in [1.807, 2.05) is 56.3 Å². The van der Waals surface area contributed by atoms with E-state index in [0.29, 0.717) is 17.5 Å². The molecule has 0 radical (unpaired) electrons. The van der Waals surface area contributed by atoms with Crippen molar-refractivity contribution in [3.05, 3.63) is 47.0 Å². The molecule has 0 aromatic heterocycles. The highest BCUT2D eigenvalue weighted by Gasteiger charge is 2.66. The Morgan fingerprint density at radius 2 is 1.74 bits per heavy atom. The van der Waals surface area contributed by atoms with Crippen LogP contribution in [0.2, 0.25) is 0 Å². The van der Waals surface area contributed by atoms with Crippen molar-refractivity contribution in [2.75, 3.05) is 19.0 Å². The number of nitrogens with zero attached hydrogens (tertiary/aromatic N) is 1. The largest absolute Gasteiger partial charge is 0.507 e. The van der Waals surface area contributed by atoms with Gasteiger partial charge in [0.15, 0.2) is 34.7 Å². The standard InChI is InChI=1S/C29H30N2O7/c1-4-13-10-18(14-5-7-17(8-6-14)31(2)3)19-11-15-9-16-12-20(32)23(28(30)37)27(36)29(16,38)26(35)21(15)25(34)22(19)24(13)33/h5-8,10,15-16,21,23,33,38H,4,9,11-12H2,1-3H3,(H2,30,37)/t15-,16+,21?,23?,29+/m1/s1. The molecule has 0 aliphatic heterocycles. The molecule has 5 atom stereocenters. The van der Waals surface area contributed by atoms with Gasteiger partial charge in [0, 0.05) is 32.1 Å². The van der Waals surface area contributed by atoms with Crippen molar-refractivity contribution in [3.8, 4) is 16.9 Å². The Hall–Kier alpha value is -3.85. The van der Waals surface area contributed by atoms with Gasteiger partial charge in [0.25, 0.3) is 0 Å². The van der Waals surface area contributed by atoms with Crippen molar-refractivity contribution in [2.45, 2.75) is 38.2 Å². The number of nitrogens with two attached hydrogens (primary N) is 1. The molecule has 3 aliphatic rings. The van der Waals surface area contributed by atoms with E-state index in [4.69, 9.17) is 5.73 Å². The van der Waals surface area contributed by atoms with E-state index in [2.05, 4.69) is 0 Å². The number of amides is 1. The molecule has 1 amide bonds. The highest BCUT2D eigenvalue weighted by molar-refractivity contribution is 6.31. The Morgan fingerprint density at radius 1 is 1.08 bits per heavy atom. The summed E-state index contributed by atoms with van der Waals surface area (Å²) >= 11 is 0. The number of aliphatic hydroxyl groups is 1. The molecule has 0 bridgehead atoms. The minimum absolute atomic E-state index is 0.0264. The molecule has 2 unspecified atom stereocenters. The van der Waals surface area contributed by atoms with Gasteiger partial charge >= 0.3 is 0 Å². The summed E-state index contributed by atoms with van der Waals surface area (Å²) in [5, 5.41) is 22.5. The number of phenols is 1. The van der Waals surface area contributed by atoms with E-state index in [9.17, 15) is 34.2 Å². The predicted octanol–water partition coefficient (Wildman–Crippen LogP) is 1.62. The van der Waals surface area contributed by atoms with E-state index in [0.717, 1.165) is 16.8 Å². The topological polar surface area (TPSA) is 155 Å². The van der Waals surface area contributed by atoms with Crippen molar-refractivity contribution < 1.29 is 34.2 Å². The summed E-state index contributed by atoms with van der Waals surface area (Å²) in [5.74, 6) is -10.0. The van der Waals surface area contributed by atoms with Gasteiger partial charge < -0.3 is 20.8 Å². The molecule has 9 nitrogen and oxygen atoms in total. The molecule has 0 saturated heterocycles. The number of rotatable bonds is 4. The van der Waals surface area contributed by atoms with Crippen LogP contribution in [0.15, 0.2) is 30.3 Å². The summed E-state index contributed by atoms with van der Waals surface area (Å²) in [7, 11) is 3.86. The smallest absolute Gasteiger partial charge is 0.235 e. The fourth-order valence-corrected chi connectivity index (χ4v) is 6.56. The summed E-state index contributed by atoms with van der Waals surface area (Å²) in [6, 6.07) is 9.63. The van der Waals surface area contributed by atoms with Crippen LogP contribution in [0.1, 0.15) is 41.3 Å². The maximum Gasteiger partial charge on any atom is 0.235 e. The van der Waals surface area contributed by atoms with E-state index >= 15 is 0 Å². The fourth-order valence-electron chi connectivity index (χ4n) is 6.56. The Labute approximate surface area is 219 Å². The predicted molar refractivity (Wildman–Crippen MR) is 138 cm³/mol. The van der Waals surface area contributed by atoms with Gasteiger partial charge in [-0.1, -0.05) is 19.1 Å². The zero-order chi connectivity index (χ0) is 27.7. The molecular weight excluding hydrogens is 488 g/mol. The lowest BCUT2D eigenvalue weighted by Gasteiger charge is -2.48. The van der Waals surface area contributed by atoms with Crippen LogP contribution < -0.4 is 10.6 Å². The second-order valence-corrected chi connectivity index (χ2v) is 10.8. The average Bonchev–Trinajstić information content (AvgIpc) is 2.86. The van der Waals surface area contributed by atoms with E-state index in [-0.39, 0.29) is 30.6 Å². The van der Waals surface area contributed by atoms with Crippen molar-refractivity contribution in [1.29, 1.82) is 0 Å². The van der Waals surface area contributed by atoms with Crippen LogP contribution in [0.25, 0.3) is 11.1 Å². The van der Waals surface area contributed by atoms with Crippen LogP contribution in [0.5, 0.6) is 5.75 Å². The van der Waals surface area contributed by atoms with E-state index in [1.165, 1.54) is 0 Å². The maximum absolute atomic E-state index is 13.9. The van der Waals surface area contributed by atoms with Crippen LogP contribution in [-0.2, 0) is 32.0 Å². The number of aryl methyl sites for hydroxylation is 1. The quantitative estimate of drug-likeness (QED) is 0.516. The summed E-state index contributed by atoms with van der Waals surface area (Å²) in [6.07, 6.45) is 0.388. The number of ketones is 4. The summed E-state index contributed by atoms with van der Waals surface area (Å²) in [6.45, 7) is 1.84. The molecule has 2 aromatic carbocycles. The number of benzene rings is 2. The number of carbonyl (C=O) groups is 5. The molecule has 0 spiro atoms. The Bertz CT molecular complexity index is 1410. The molecule has 0 heterocycles. The second-order valence-electron chi connectivity index (χ2n) is 10.8. The first kappa shape index (κ1) is 25.8. The Kier molecular flexibility index (Phi) is 6.02. The lowest BCUT2D eigenvalue weighted by atomic mass is 9.53. The molecule has 2 fully saturated rings. The van der Waals surface area contributed by atoms with Gasteiger partial charge in [-0.05, 0) is 65.6 Å². The maximum atomic E-state index is 13.9.